The highest BCUT2D eigenvalue weighted by atomic mass is 32.2. The van der Waals surface area contributed by atoms with Gasteiger partial charge in [-0.2, -0.15) is 8.89 Å². The van der Waals surface area contributed by atoms with Crippen LogP contribution in [0.1, 0.15) is 0 Å². The molecule has 0 spiro atoms. The molecule has 0 atom stereocenters. The van der Waals surface area contributed by atoms with Gasteiger partial charge in [-0.05, 0) is 24.3 Å². The normalized spacial score (nSPS) is 13.0. The molecule has 2 N–H and O–H groups in total. The van der Waals surface area contributed by atoms with E-state index in [0.29, 0.717) is 15.4 Å². The number of hydrogen-bond donors (Lipinski definition) is 1. The lowest BCUT2D eigenvalue weighted by atomic mass is 10.3. The van der Waals surface area contributed by atoms with Crippen LogP contribution in [-0.2, 0) is 10.0 Å². The zero-order chi connectivity index (χ0) is 15.0. The van der Waals surface area contributed by atoms with Gasteiger partial charge in [0.1, 0.15) is 5.75 Å². The van der Waals surface area contributed by atoms with E-state index in [1.807, 2.05) is 0 Å². The summed E-state index contributed by atoms with van der Waals surface area (Å²) in [6.07, 6.45) is 0. The molecule has 11 heteroatoms. The fourth-order valence-corrected chi connectivity index (χ4v) is 3.80. The number of nitrogens with zero attached hydrogens (tertiary/aromatic N) is 4. The highest BCUT2D eigenvalue weighted by molar-refractivity contribution is 7.91. The van der Waals surface area contributed by atoms with E-state index in [1.54, 1.807) is 31.4 Å². The second kappa shape index (κ2) is 5.18. The van der Waals surface area contributed by atoms with Crippen molar-refractivity contribution in [1.82, 2.24) is 14.0 Å². The topological polar surface area (TPSA) is 112 Å². The molecule has 0 fully saturated rings. The van der Waals surface area contributed by atoms with Crippen molar-refractivity contribution in [2.24, 2.45) is 10.1 Å². The van der Waals surface area contributed by atoms with Gasteiger partial charge in [0.05, 0.1) is 12.8 Å². The first-order chi connectivity index (χ1) is 9.97. The Morgan fingerprint density at radius 2 is 2.05 bits per heavy atom. The third-order valence-corrected chi connectivity index (χ3v) is 5.49. The van der Waals surface area contributed by atoms with Crippen molar-refractivity contribution < 1.29 is 13.2 Å². The van der Waals surface area contributed by atoms with Crippen LogP contribution < -0.4 is 14.7 Å². The molecule has 2 aromatic heterocycles. The van der Waals surface area contributed by atoms with Crippen molar-refractivity contribution in [1.29, 1.82) is 0 Å². The molecule has 0 aliphatic rings. The second-order valence-electron chi connectivity index (χ2n) is 3.88. The average Bonchev–Trinajstić information content (AvgIpc) is 3.01. The smallest absolute Gasteiger partial charge is 0.267 e. The van der Waals surface area contributed by atoms with Gasteiger partial charge >= 0.3 is 0 Å². The summed E-state index contributed by atoms with van der Waals surface area (Å²) < 4.78 is 32.9. The molecule has 1 aromatic carbocycles. The lowest BCUT2D eigenvalue weighted by Gasteiger charge is -1.97. The monoisotopic (exact) mass is 343 g/mol. The van der Waals surface area contributed by atoms with E-state index < -0.39 is 10.0 Å². The molecule has 2 heterocycles. The Balaban J connectivity index is 2.10. The van der Waals surface area contributed by atoms with E-state index in [1.165, 1.54) is 4.52 Å². The minimum atomic E-state index is -3.84. The maximum Gasteiger partial charge on any atom is 0.267 e. The number of aromatic nitrogens is 3. The first-order valence-corrected chi connectivity index (χ1v) is 8.68. The summed E-state index contributed by atoms with van der Waals surface area (Å²) in [5.41, 5.74) is 0.680. The van der Waals surface area contributed by atoms with Crippen LogP contribution in [-0.4, -0.2) is 29.5 Å². The fourth-order valence-electron chi connectivity index (χ4n) is 1.52. The number of nitrogens with two attached hydrogens (primary N) is 1. The maximum atomic E-state index is 11.3. The highest BCUT2D eigenvalue weighted by Crippen LogP contribution is 2.18. The van der Waals surface area contributed by atoms with Gasteiger partial charge in [-0.3, -0.25) is 0 Å². The minimum absolute atomic E-state index is 0.191. The Kier molecular flexibility index (Phi) is 3.49. The van der Waals surface area contributed by atoms with Gasteiger partial charge in [0.15, 0.2) is 0 Å². The highest BCUT2D eigenvalue weighted by Gasteiger charge is 2.16. The van der Waals surface area contributed by atoms with Crippen LogP contribution in [0, 0.1) is 0 Å². The van der Waals surface area contributed by atoms with Gasteiger partial charge in [-0.1, -0.05) is 11.3 Å². The van der Waals surface area contributed by atoms with Gasteiger partial charge in [0.25, 0.3) is 10.0 Å². The molecule has 0 saturated carbocycles. The molecule has 8 nitrogen and oxygen atoms in total. The molecular formula is C10H9N5O3S3. The van der Waals surface area contributed by atoms with E-state index in [2.05, 4.69) is 14.5 Å². The molecule has 0 saturated heterocycles. The quantitative estimate of drug-likeness (QED) is 0.754. The molecule has 110 valence electrons. The first kappa shape index (κ1) is 14.1. The van der Waals surface area contributed by atoms with Gasteiger partial charge in [0.2, 0.25) is 14.1 Å². The number of methoxy groups -OCH3 is 1. The van der Waals surface area contributed by atoms with Crippen molar-refractivity contribution in [2.45, 2.75) is 4.34 Å². The van der Waals surface area contributed by atoms with Crippen molar-refractivity contribution in [2.75, 3.05) is 7.11 Å². The molecule has 0 aliphatic carbocycles. The van der Waals surface area contributed by atoms with Gasteiger partial charge in [-0.25, -0.2) is 18.5 Å². The van der Waals surface area contributed by atoms with E-state index in [4.69, 9.17) is 9.88 Å². The van der Waals surface area contributed by atoms with Crippen molar-refractivity contribution in [3.63, 3.8) is 0 Å². The number of sulfonamides is 1. The summed E-state index contributed by atoms with van der Waals surface area (Å²) in [4.78, 5) is 5.26. The Labute approximate surface area is 127 Å². The summed E-state index contributed by atoms with van der Waals surface area (Å²) in [5, 5.41) is 8.98. The molecule has 0 aliphatic heterocycles. The average molecular weight is 343 g/mol. The second-order valence-corrected chi connectivity index (χ2v) is 7.30. The molecule has 0 amide bonds. The molecule has 0 bridgehead atoms. The van der Waals surface area contributed by atoms with E-state index >= 15 is 0 Å². The minimum Gasteiger partial charge on any atom is -0.497 e. The predicted octanol–water partition coefficient (Wildman–Crippen LogP) is 0.741. The number of hydrogen-bond acceptors (Lipinski definition) is 8. The molecule has 3 aromatic rings. The first-order valence-electron chi connectivity index (χ1n) is 5.54. The summed E-state index contributed by atoms with van der Waals surface area (Å²) in [7, 11) is -2.26. The van der Waals surface area contributed by atoms with Crippen LogP contribution in [0.2, 0.25) is 0 Å². The predicted molar refractivity (Wildman–Crippen MR) is 78.3 cm³/mol. The lowest BCUT2D eigenvalue weighted by molar-refractivity contribution is 0.415. The number of primary sulfonamides is 1. The van der Waals surface area contributed by atoms with E-state index in [9.17, 15) is 8.42 Å². The van der Waals surface area contributed by atoms with Crippen molar-refractivity contribution in [3.05, 3.63) is 29.1 Å². The fraction of sp³-hybridized carbons (Fsp3) is 0.100. The largest absolute Gasteiger partial charge is 0.497 e. The van der Waals surface area contributed by atoms with Crippen molar-refractivity contribution in [3.8, 4) is 5.75 Å². The third kappa shape index (κ3) is 2.81. The van der Waals surface area contributed by atoms with E-state index in [0.717, 1.165) is 28.6 Å². The zero-order valence-electron chi connectivity index (χ0n) is 10.6. The number of ether oxygens (including phenoxy) is 1. The summed E-state index contributed by atoms with van der Waals surface area (Å²) in [5.74, 6) is 0.723. The van der Waals surface area contributed by atoms with Crippen LogP contribution in [0.25, 0.3) is 4.96 Å². The molecule has 3 rings (SSSR count). The molecular weight excluding hydrogens is 334 g/mol. The van der Waals surface area contributed by atoms with Gasteiger partial charge in [-0.15, -0.1) is 5.10 Å². The summed E-state index contributed by atoms with van der Waals surface area (Å²) in [6, 6.07) is 7.10. The summed E-state index contributed by atoms with van der Waals surface area (Å²) >= 11 is 2.02. The Morgan fingerprint density at radius 3 is 2.67 bits per heavy atom. The number of rotatable bonds is 3. The Hall–Kier alpha value is -1.82. The number of benzene rings is 1. The Morgan fingerprint density at radius 1 is 1.33 bits per heavy atom. The van der Waals surface area contributed by atoms with Crippen LogP contribution in [0.5, 0.6) is 5.75 Å². The zero-order valence-corrected chi connectivity index (χ0v) is 13.1. The number of fused-ring (bicyclic) bond motifs is 1. The lowest BCUT2D eigenvalue weighted by Crippen LogP contribution is -2.14. The standard InChI is InChI=1S/C10H9N5O3S3/c1-18-7-4-2-6(3-5-7)12-8-15-9(14-20-8)19-10(13-15)21(11,16)17/h2-5H,1H3,(H2,11,16,17). The van der Waals surface area contributed by atoms with Crippen LogP contribution >= 0.6 is 22.9 Å². The maximum absolute atomic E-state index is 11.3. The van der Waals surface area contributed by atoms with E-state index in [-0.39, 0.29) is 4.34 Å². The summed E-state index contributed by atoms with van der Waals surface area (Å²) in [6.45, 7) is 0. The molecule has 0 unspecified atom stereocenters. The molecule has 21 heavy (non-hydrogen) atoms. The van der Waals surface area contributed by atoms with Crippen LogP contribution in [0.15, 0.2) is 33.6 Å². The van der Waals surface area contributed by atoms with Gasteiger partial charge in [0, 0.05) is 11.5 Å². The van der Waals surface area contributed by atoms with Gasteiger partial charge < -0.3 is 4.74 Å². The third-order valence-electron chi connectivity index (χ3n) is 2.47. The van der Waals surface area contributed by atoms with Crippen LogP contribution in [0.4, 0.5) is 5.69 Å². The van der Waals surface area contributed by atoms with Crippen molar-refractivity contribution >= 4 is 43.5 Å². The Bertz CT molecular complexity index is 952. The molecule has 0 radical (unpaired) electrons. The SMILES string of the molecule is COc1ccc(N=c2snc3sc(S(N)(=O)=O)nn23)cc1. The van der Waals surface area contributed by atoms with Crippen LogP contribution in [0.3, 0.4) is 0 Å².